The molecule has 8 nitrogen and oxygen atoms in total. The van der Waals surface area contributed by atoms with Crippen LogP contribution in [0.4, 0.5) is 11.8 Å². The van der Waals surface area contributed by atoms with Crippen LogP contribution in [0.1, 0.15) is 54.0 Å². The largest absolute Gasteiger partial charge is 0.465 e. The minimum atomic E-state index is -0.107. The van der Waals surface area contributed by atoms with Gasteiger partial charge in [-0.1, -0.05) is 0 Å². The fraction of sp³-hybridized carbons (Fsp3) is 0.348. The molecule has 31 heavy (non-hydrogen) atoms. The van der Waals surface area contributed by atoms with Gasteiger partial charge < -0.3 is 14.6 Å². The van der Waals surface area contributed by atoms with Gasteiger partial charge in [-0.05, 0) is 64.3 Å². The standard InChI is InChI=1S/C23H26N6O2/c1-15-13-16(2)25-23(24-15)28-21-14-19(26-17(3)27-21)20-8-4-5-11-29(20)22(30)10-9-18-7-6-12-31-18/h6-7,9-10,12-14,20H,4-5,8,11H2,1-3H3,(H,24,25,26,27,28)/b10-9+. The lowest BCUT2D eigenvalue weighted by molar-refractivity contribution is -0.129. The molecule has 0 saturated carbocycles. The first-order chi connectivity index (χ1) is 15.0. The van der Waals surface area contributed by atoms with Crippen molar-refractivity contribution in [2.75, 3.05) is 11.9 Å². The molecule has 0 bridgehead atoms. The van der Waals surface area contributed by atoms with Gasteiger partial charge in [-0.3, -0.25) is 4.79 Å². The van der Waals surface area contributed by atoms with Crippen molar-refractivity contribution in [3.8, 4) is 0 Å². The predicted octanol–water partition coefficient (Wildman–Crippen LogP) is 4.30. The van der Waals surface area contributed by atoms with Crippen molar-refractivity contribution in [3.63, 3.8) is 0 Å². The molecule has 3 aromatic rings. The maximum Gasteiger partial charge on any atom is 0.247 e. The second-order valence-corrected chi connectivity index (χ2v) is 7.72. The lowest BCUT2D eigenvalue weighted by Gasteiger charge is -2.35. The van der Waals surface area contributed by atoms with Crippen molar-refractivity contribution in [3.05, 3.63) is 65.3 Å². The Hall–Kier alpha value is -3.55. The third-order valence-electron chi connectivity index (χ3n) is 5.14. The maximum atomic E-state index is 12.9. The second kappa shape index (κ2) is 9.07. The van der Waals surface area contributed by atoms with Crippen LogP contribution in [0.2, 0.25) is 0 Å². The van der Waals surface area contributed by atoms with Crippen LogP contribution in [0.25, 0.3) is 6.08 Å². The van der Waals surface area contributed by atoms with E-state index in [9.17, 15) is 4.79 Å². The molecular formula is C23H26N6O2. The highest BCUT2D eigenvalue weighted by atomic mass is 16.3. The Morgan fingerprint density at radius 2 is 1.94 bits per heavy atom. The summed E-state index contributed by atoms with van der Waals surface area (Å²) < 4.78 is 5.29. The molecule has 0 radical (unpaired) electrons. The highest BCUT2D eigenvalue weighted by molar-refractivity contribution is 5.91. The average molecular weight is 419 g/mol. The van der Waals surface area contributed by atoms with Crippen LogP contribution in [0.3, 0.4) is 0 Å². The van der Waals surface area contributed by atoms with Gasteiger partial charge in [0.2, 0.25) is 11.9 Å². The molecule has 4 rings (SSSR count). The fourth-order valence-electron chi connectivity index (χ4n) is 3.86. The van der Waals surface area contributed by atoms with Crippen molar-refractivity contribution < 1.29 is 9.21 Å². The summed E-state index contributed by atoms with van der Waals surface area (Å²) in [7, 11) is 0. The molecule has 1 amide bonds. The van der Waals surface area contributed by atoms with Crippen LogP contribution in [0.5, 0.6) is 0 Å². The third-order valence-corrected chi connectivity index (χ3v) is 5.14. The number of hydrogen-bond donors (Lipinski definition) is 1. The van der Waals surface area contributed by atoms with Crippen LogP contribution in [-0.4, -0.2) is 37.3 Å². The zero-order valence-electron chi connectivity index (χ0n) is 18.0. The Balaban J connectivity index is 1.58. The van der Waals surface area contributed by atoms with E-state index in [0.717, 1.165) is 36.3 Å². The number of furan rings is 1. The third kappa shape index (κ3) is 5.14. The molecule has 0 aromatic carbocycles. The van der Waals surface area contributed by atoms with E-state index in [1.165, 1.54) is 0 Å². The molecule has 3 aromatic heterocycles. The number of aryl methyl sites for hydroxylation is 3. The molecule has 1 aliphatic heterocycles. The molecule has 0 spiro atoms. The van der Waals surface area contributed by atoms with Crippen LogP contribution in [0, 0.1) is 20.8 Å². The van der Waals surface area contributed by atoms with Gasteiger partial charge in [0.25, 0.3) is 0 Å². The molecule has 1 N–H and O–H groups in total. The Morgan fingerprint density at radius 3 is 2.68 bits per heavy atom. The quantitative estimate of drug-likeness (QED) is 0.617. The Labute approximate surface area is 181 Å². The summed E-state index contributed by atoms with van der Waals surface area (Å²) in [6.45, 7) is 6.40. The lowest BCUT2D eigenvalue weighted by atomic mass is 9.98. The van der Waals surface area contributed by atoms with Crippen LogP contribution >= 0.6 is 0 Å². The summed E-state index contributed by atoms with van der Waals surface area (Å²) in [5, 5.41) is 3.19. The highest BCUT2D eigenvalue weighted by Gasteiger charge is 2.28. The summed E-state index contributed by atoms with van der Waals surface area (Å²) in [5.74, 6) is 2.36. The molecule has 8 heteroatoms. The first kappa shape index (κ1) is 20.7. The molecule has 1 fully saturated rings. The first-order valence-corrected chi connectivity index (χ1v) is 10.4. The Bertz CT molecular complexity index is 1070. The SMILES string of the molecule is Cc1cc(C)nc(Nc2cc(C3CCCCN3C(=O)/C=C/c3ccco3)nc(C)n2)n1. The topological polar surface area (TPSA) is 97.0 Å². The van der Waals surface area contributed by atoms with Gasteiger partial charge in [0.15, 0.2) is 0 Å². The second-order valence-electron chi connectivity index (χ2n) is 7.72. The van der Waals surface area contributed by atoms with E-state index >= 15 is 0 Å². The molecule has 1 saturated heterocycles. The molecule has 0 aliphatic carbocycles. The minimum absolute atomic E-state index is 0.0514. The van der Waals surface area contributed by atoms with Crippen molar-refractivity contribution in [1.29, 1.82) is 0 Å². The molecule has 1 aliphatic rings. The van der Waals surface area contributed by atoms with E-state index in [4.69, 9.17) is 4.42 Å². The van der Waals surface area contributed by atoms with E-state index in [1.807, 2.05) is 43.9 Å². The zero-order chi connectivity index (χ0) is 21.8. The maximum absolute atomic E-state index is 12.9. The number of likely N-dealkylation sites (tertiary alicyclic amines) is 1. The van der Waals surface area contributed by atoms with Gasteiger partial charge in [-0.25, -0.2) is 19.9 Å². The van der Waals surface area contributed by atoms with Crippen LogP contribution in [0.15, 0.2) is 41.0 Å². The average Bonchev–Trinajstić information content (AvgIpc) is 3.24. The smallest absolute Gasteiger partial charge is 0.247 e. The first-order valence-electron chi connectivity index (χ1n) is 10.4. The highest BCUT2D eigenvalue weighted by Crippen LogP contribution is 2.31. The van der Waals surface area contributed by atoms with E-state index in [2.05, 4.69) is 25.3 Å². The number of hydrogen-bond acceptors (Lipinski definition) is 7. The summed E-state index contributed by atoms with van der Waals surface area (Å²) in [4.78, 5) is 32.8. The summed E-state index contributed by atoms with van der Waals surface area (Å²) >= 11 is 0. The van der Waals surface area contributed by atoms with Crippen molar-refractivity contribution >= 4 is 23.7 Å². The zero-order valence-corrected chi connectivity index (χ0v) is 18.0. The summed E-state index contributed by atoms with van der Waals surface area (Å²) in [6, 6.07) is 7.32. The van der Waals surface area contributed by atoms with Gasteiger partial charge in [0.05, 0.1) is 18.0 Å². The van der Waals surface area contributed by atoms with E-state index < -0.39 is 0 Å². The Kier molecular flexibility index (Phi) is 6.06. The van der Waals surface area contributed by atoms with Gasteiger partial charge in [-0.15, -0.1) is 0 Å². The van der Waals surface area contributed by atoms with E-state index in [-0.39, 0.29) is 11.9 Å². The molecule has 160 valence electrons. The number of amides is 1. The molecule has 1 atom stereocenters. The van der Waals surface area contributed by atoms with Crippen molar-refractivity contribution in [1.82, 2.24) is 24.8 Å². The normalized spacial score (nSPS) is 16.6. The molecular weight excluding hydrogens is 392 g/mol. The number of carbonyl (C=O) groups is 1. The number of piperidine rings is 1. The van der Waals surface area contributed by atoms with Crippen molar-refractivity contribution in [2.45, 2.75) is 46.1 Å². The van der Waals surface area contributed by atoms with Gasteiger partial charge >= 0.3 is 0 Å². The number of rotatable bonds is 5. The molecule has 4 heterocycles. The monoisotopic (exact) mass is 418 g/mol. The van der Waals surface area contributed by atoms with Gasteiger partial charge in [0, 0.05) is 30.1 Å². The summed E-state index contributed by atoms with van der Waals surface area (Å²) in [5.41, 5.74) is 2.58. The van der Waals surface area contributed by atoms with Crippen molar-refractivity contribution in [2.24, 2.45) is 0 Å². The number of nitrogens with one attached hydrogen (secondary N) is 1. The van der Waals surface area contributed by atoms with Gasteiger partial charge in [-0.2, -0.15) is 0 Å². The lowest BCUT2D eigenvalue weighted by Crippen LogP contribution is -2.38. The minimum Gasteiger partial charge on any atom is -0.465 e. The number of anilines is 2. The van der Waals surface area contributed by atoms with Crippen LogP contribution in [-0.2, 0) is 4.79 Å². The Morgan fingerprint density at radius 1 is 1.13 bits per heavy atom. The van der Waals surface area contributed by atoms with E-state index in [0.29, 0.717) is 29.9 Å². The number of aromatic nitrogens is 4. The van der Waals surface area contributed by atoms with Gasteiger partial charge in [0.1, 0.15) is 17.4 Å². The van der Waals surface area contributed by atoms with Crippen LogP contribution < -0.4 is 5.32 Å². The summed E-state index contributed by atoms with van der Waals surface area (Å²) in [6.07, 6.45) is 7.73. The number of nitrogens with zero attached hydrogens (tertiary/aromatic N) is 5. The fourth-order valence-corrected chi connectivity index (χ4v) is 3.86. The number of carbonyl (C=O) groups excluding carboxylic acids is 1. The predicted molar refractivity (Wildman–Crippen MR) is 118 cm³/mol. The molecule has 1 unspecified atom stereocenters. The van der Waals surface area contributed by atoms with E-state index in [1.54, 1.807) is 24.5 Å².